The van der Waals surface area contributed by atoms with Crippen molar-refractivity contribution in [1.82, 2.24) is 64.0 Å². The van der Waals surface area contributed by atoms with Gasteiger partial charge in [0, 0.05) is 91.4 Å². The maximum atomic E-state index is 6.56. The van der Waals surface area contributed by atoms with Crippen LogP contribution >= 0.6 is 0 Å². The summed E-state index contributed by atoms with van der Waals surface area (Å²) in [4.78, 5) is 50.9. The first-order valence-electron chi connectivity index (χ1n) is 24.2. The molecule has 9 heterocycles. The molecule has 0 aliphatic carbocycles. The van der Waals surface area contributed by atoms with Crippen molar-refractivity contribution in [2.24, 2.45) is 0 Å². The highest BCUT2D eigenvalue weighted by Crippen LogP contribution is 2.41. The van der Waals surface area contributed by atoms with Crippen molar-refractivity contribution in [3.05, 3.63) is 213 Å². The summed E-state index contributed by atoms with van der Waals surface area (Å²) in [6.45, 7) is 0. The summed E-state index contributed by atoms with van der Waals surface area (Å²) in [6.07, 6.45) is 11.6. The maximum Gasteiger partial charge on any atom is 0.184 e. The van der Waals surface area contributed by atoms with Gasteiger partial charge in [-0.25, -0.2) is 34.9 Å². The molecule has 0 saturated heterocycles. The standard InChI is InChI=1S/C61H35N13O/c1-3-15-49-40(10-1)43-30-36(55-42(12-9-27-64-55)58-67-34-68-59(71-58)47-13-5-7-25-62-47)17-21-51(43)73(49)38-19-23-53-45(32-38)46-33-39(20-24-54(46)75-53)74-50-16-4-2-11-41(50)44-31-37(18-22-52(44)74)56-57(66-29-28-65-56)61-70-35-69-60(72-61)48-14-6-8-26-63-48/h1-35H. The summed E-state index contributed by atoms with van der Waals surface area (Å²) in [5.74, 6) is 1.89. The highest BCUT2D eigenvalue weighted by atomic mass is 16.3. The summed E-state index contributed by atoms with van der Waals surface area (Å²) < 4.78 is 11.2. The second-order valence-electron chi connectivity index (χ2n) is 18.0. The summed E-state index contributed by atoms with van der Waals surface area (Å²) in [6, 6.07) is 58.0. The molecule has 0 N–H and O–H groups in total. The van der Waals surface area contributed by atoms with Crippen molar-refractivity contribution in [2.75, 3.05) is 0 Å². The Hall–Kier alpha value is -10.7. The number of nitrogens with zero attached hydrogens (tertiary/aromatic N) is 13. The van der Waals surface area contributed by atoms with E-state index >= 15 is 0 Å². The van der Waals surface area contributed by atoms with E-state index in [2.05, 4.69) is 160 Å². The van der Waals surface area contributed by atoms with Crippen LogP contribution in [0.3, 0.4) is 0 Å². The Bertz CT molecular complexity index is 4440. The molecule has 0 aliphatic heterocycles. The molecule has 0 aliphatic rings. The van der Waals surface area contributed by atoms with Gasteiger partial charge in [0.25, 0.3) is 0 Å². The zero-order valence-corrected chi connectivity index (χ0v) is 39.4. The molecule has 9 aromatic heterocycles. The number of pyridine rings is 3. The molecule has 6 aromatic carbocycles. The Morgan fingerprint density at radius 3 is 1.40 bits per heavy atom. The van der Waals surface area contributed by atoms with Gasteiger partial charge in [0.05, 0.1) is 33.5 Å². The van der Waals surface area contributed by atoms with Crippen molar-refractivity contribution < 1.29 is 4.42 Å². The van der Waals surface area contributed by atoms with E-state index in [1.807, 2.05) is 48.5 Å². The highest BCUT2D eigenvalue weighted by molar-refractivity contribution is 6.13. The topological polar surface area (TPSA) is 165 Å². The largest absolute Gasteiger partial charge is 0.456 e. The molecule has 0 atom stereocenters. The van der Waals surface area contributed by atoms with E-state index in [0.717, 1.165) is 99.3 Å². The minimum absolute atomic E-state index is 0.413. The van der Waals surface area contributed by atoms with Crippen molar-refractivity contribution in [2.45, 2.75) is 0 Å². The van der Waals surface area contributed by atoms with E-state index in [9.17, 15) is 0 Å². The minimum atomic E-state index is 0.413. The average molecular weight is 966 g/mol. The van der Waals surface area contributed by atoms with Crippen LogP contribution < -0.4 is 0 Å². The zero-order chi connectivity index (χ0) is 49.4. The molecule has 14 nitrogen and oxygen atoms in total. The molecule has 0 fully saturated rings. The number of rotatable bonds is 8. The van der Waals surface area contributed by atoms with Crippen molar-refractivity contribution in [3.63, 3.8) is 0 Å². The SMILES string of the molecule is c1ccc(-c2ncnc(-c3cccnc3-c3ccc4c(c3)c3ccccc3n4-c3ccc4oc5ccc(-n6c7ccccc7c7cc(-c8nccnc8-c8ncnc(-c9ccccn9)n8)ccc76)cc5c4c3)n2)nc1. The third kappa shape index (κ3) is 6.92. The Morgan fingerprint density at radius 2 is 0.800 bits per heavy atom. The van der Waals surface area contributed by atoms with Crippen LogP contribution in [0.15, 0.2) is 218 Å². The van der Waals surface area contributed by atoms with Gasteiger partial charge < -0.3 is 13.6 Å². The van der Waals surface area contributed by atoms with E-state index < -0.39 is 0 Å². The summed E-state index contributed by atoms with van der Waals surface area (Å²) in [7, 11) is 0. The van der Waals surface area contributed by atoms with Gasteiger partial charge in [0.1, 0.15) is 40.9 Å². The second-order valence-corrected chi connectivity index (χ2v) is 18.0. The maximum absolute atomic E-state index is 6.56. The van der Waals surface area contributed by atoms with Crippen LogP contribution in [-0.2, 0) is 0 Å². The Labute approximate surface area is 425 Å². The molecular formula is C61H35N13O. The third-order valence-corrected chi connectivity index (χ3v) is 13.7. The first-order chi connectivity index (χ1) is 37.2. The van der Waals surface area contributed by atoms with Crippen LogP contribution in [0.2, 0.25) is 0 Å². The molecule has 0 bridgehead atoms. The predicted octanol–water partition coefficient (Wildman–Crippen LogP) is 13.1. The van der Waals surface area contributed by atoms with Crippen LogP contribution in [0, 0.1) is 0 Å². The van der Waals surface area contributed by atoms with Crippen LogP contribution in [0.1, 0.15) is 0 Å². The monoisotopic (exact) mass is 965 g/mol. The Kier molecular flexibility index (Phi) is 9.50. The van der Waals surface area contributed by atoms with E-state index in [1.54, 1.807) is 31.0 Å². The predicted molar refractivity (Wildman–Crippen MR) is 291 cm³/mol. The van der Waals surface area contributed by atoms with Gasteiger partial charge in [0.15, 0.2) is 23.3 Å². The van der Waals surface area contributed by atoms with Crippen molar-refractivity contribution >= 4 is 65.6 Å². The highest BCUT2D eigenvalue weighted by Gasteiger charge is 2.21. The van der Waals surface area contributed by atoms with Gasteiger partial charge in [-0.05, 0) is 109 Å². The number of fused-ring (bicyclic) bond motifs is 9. The fourth-order valence-electron chi connectivity index (χ4n) is 10.4. The fourth-order valence-corrected chi connectivity index (χ4v) is 10.4. The normalized spacial score (nSPS) is 11.7. The number of benzene rings is 6. The van der Waals surface area contributed by atoms with Gasteiger partial charge in [0.2, 0.25) is 0 Å². The summed E-state index contributed by atoms with van der Waals surface area (Å²) in [5, 5.41) is 6.40. The molecule has 15 rings (SSSR count). The van der Waals surface area contributed by atoms with Crippen LogP contribution in [0.4, 0.5) is 0 Å². The lowest BCUT2D eigenvalue weighted by molar-refractivity contribution is 0.669. The Balaban J connectivity index is 0.827. The van der Waals surface area contributed by atoms with Crippen molar-refractivity contribution in [3.8, 4) is 79.8 Å². The summed E-state index contributed by atoms with van der Waals surface area (Å²) in [5.41, 5.74) is 13.8. The van der Waals surface area contributed by atoms with E-state index in [4.69, 9.17) is 29.3 Å². The van der Waals surface area contributed by atoms with E-state index in [1.165, 1.54) is 12.7 Å². The lowest BCUT2D eigenvalue weighted by Crippen LogP contribution is -2.00. The minimum Gasteiger partial charge on any atom is -0.456 e. The molecule has 0 spiro atoms. The molecule has 0 amide bonds. The smallest absolute Gasteiger partial charge is 0.184 e. The number of para-hydroxylation sites is 2. The quantitative estimate of drug-likeness (QED) is 0.142. The molecule has 75 heavy (non-hydrogen) atoms. The van der Waals surface area contributed by atoms with Crippen LogP contribution in [-0.4, -0.2) is 64.0 Å². The molecule has 15 aromatic rings. The van der Waals surface area contributed by atoms with Gasteiger partial charge in [-0.3, -0.25) is 19.9 Å². The molecular weight excluding hydrogens is 931 g/mol. The fraction of sp³-hybridized carbons (Fsp3) is 0. The van der Waals surface area contributed by atoms with Crippen LogP contribution in [0.25, 0.3) is 145 Å². The molecule has 350 valence electrons. The number of furan rings is 1. The Morgan fingerprint density at radius 1 is 0.307 bits per heavy atom. The molecule has 0 unspecified atom stereocenters. The molecule has 0 radical (unpaired) electrons. The summed E-state index contributed by atoms with van der Waals surface area (Å²) >= 11 is 0. The third-order valence-electron chi connectivity index (χ3n) is 13.7. The first kappa shape index (κ1) is 42.0. The van der Waals surface area contributed by atoms with Gasteiger partial charge in [-0.2, -0.15) is 0 Å². The zero-order valence-electron chi connectivity index (χ0n) is 39.4. The number of hydrogen-bond donors (Lipinski definition) is 0. The van der Waals surface area contributed by atoms with Crippen LogP contribution in [0.5, 0.6) is 0 Å². The molecule has 0 saturated carbocycles. The van der Waals surface area contributed by atoms with Gasteiger partial charge in [-0.15, -0.1) is 0 Å². The van der Waals surface area contributed by atoms with Gasteiger partial charge >= 0.3 is 0 Å². The first-order valence-corrected chi connectivity index (χ1v) is 24.2. The number of aromatic nitrogens is 13. The van der Waals surface area contributed by atoms with Crippen molar-refractivity contribution in [1.29, 1.82) is 0 Å². The lowest BCUT2D eigenvalue weighted by Gasteiger charge is -2.11. The number of hydrogen-bond acceptors (Lipinski definition) is 12. The average Bonchev–Trinajstić information content (AvgIpc) is 4.20. The van der Waals surface area contributed by atoms with E-state index in [0.29, 0.717) is 46.1 Å². The second kappa shape index (κ2) is 17.0. The lowest BCUT2D eigenvalue weighted by atomic mass is 10.0. The van der Waals surface area contributed by atoms with E-state index in [-0.39, 0.29) is 0 Å². The van der Waals surface area contributed by atoms with Gasteiger partial charge in [-0.1, -0.05) is 60.7 Å². The molecule has 14 heteroatoms.